The third-order valence-electron chi connectivity index (χ3n) is 15.0. The number of hydrogen-bond donors (Lipinski definition) is 4. The molecule has 5 N–H and O–H groups in total. The lowest BCUT2D eigenvalue weighted by Gasteiger charge is -2.44. The van der Waals surface area contributed by atoms with E-state index in [9.17, 15) is 19.8 Å². The molecule has 6 rings (SSSR count). The summed E-state index contributed by atoms with van der Waals surface area (Å²) >= 11 is 0. The second-order valence-electron chi connectivity index (χ2n) is 19.2. The summed E-state index contributed by atoms with van der Waals surface area (Å²) in [4.78, 5) is 33.1. The van der Waals surface area contributed by atoms with Gasteiger partial charge in [0, 0.05) is 37.2 Å². The van der Waals surface area contributed by atoms with E-state index in [1.807, 2.05) is 6.21 Å². The molecule has 306 valence electrons. The fourth-order valence-electron chi connectivity index (χ4n) is 12.0. The summed E-state index contributed by atoms with van der Waals surface area (Å²) in [5.74, 6) is 11.2. The van der Waals surface area contributed by atoms with Crippen molar-refractivity contribution in [3.63, 3.8) is 0 Å². The highest BCUT2D eigenvalue weighted by atomic mass is 16.5. The Morgan fingerprint density at radius 1 is 1.00 bits per heavy atom. The van der Waals surface area contributed by atoms with Crippen LogP contribution >= 0.6 is 0 Å². The van der Waals surface area contributed by atoms with Gasteiger partial charge < -0.3 is 26.0 Å². The first kappa shape index (κ1) is 42.6. The SMILES string of the molecule is CCCC(C(O)CC1=C[C+](C(C)C)C=N1)C1CC(CC2CCNC(N)C2)CC2C#CC(C3CCCCC3)C3CC(O)C(OC)CC3CCC(=O)CC(=O)C2C1. The maximum Gasteiger partial charge on any atom is 0.177 e. The smallest absolute Gasteiger partial charge is 0.177 e. The van der Waals surface area contributed by atoms with Crippen molar-refractivity contribution in [3.05, 3.63) is 17.7 Å². The van der Waals surface area contributed by atoms with E-state index in [1.165, 1.54) is 25.2 Å². The predicted molar refractivity (Wildman–Crippen MR) is 220 cm³/mol. The number of methoxy groups -OCH3 is 1. The van der Waals surface area contributed by atoms with Gasteiger partial charge in [-0.3, -0.25) is 9.59 Å². The maximum atomic E-state index is 14.6. The molecule has 2 heterocycles. The molecule has 3 saturated carbocycles. The number of nitrogens with one attached hydrogen (secondary N) is 1. The van der Waals surface area contributed by atoms with Crippen molar-refractivity contribution in [2.24, 2.45) is 75.8 Å². The zero-order valence-electron chi connectivity index (χ0n) is 34.6. The number of ether oxygens (including phenoxy) is 1. The number of piperidine rings is 1. The second-order valence-corrected chi connectivity index (χ2v) is 19.2. The Kier molecular flexibility index (Phi) is 15.6. The molecule has 8 heteroatoms. The van der Waals surface area contributed by atoms with Crippen molar-refractivity contribution >= 4 is 17.8 Å². The van der Waals surface area contributed by atoms with Gasteiger partial charge >= 0.3 is 0 Å². The largest absolute Gasteiger partial charge is 0.391 e. The molecule has 4 fully saturated rings. The highest BCUT2D eigenvalue weighted by molar-refractivity contribution is 6.00. The fraction of sp³-hybridized carbons (Fsp3) is 0.830. The first-order chi connectivity index (χ1) is 26.5. The standard InChI is InChI=1S/C47H74N3O5/c1-5-9-40(43(52)25-37-22-36(28-50-37)29(2)3)35-20-31(18-30-16-17-49-47(48)21-30)19-33-13-15-39(32-10-7-6-8-11-32)41-27-45(54)46(55-4)24-34(41)12-14-38(51)26-44(53)42(33)23-35/h22,28-35,39-43,45-47,49,52,54H,5-12,14,16-21,23-27,48H2,1-4H3/q+1. The van der Waals surface area contributed by atoms with E-state index < -0.39 is 12.2 Å². The van der Waals surface area contributed by atoms with Crippen molar-refractivity contribution in [2.75, 3.05) is 13.7 Å². The van der Waals surface area contributed by atoms with Gasteiger partial charge in [0.05, 0.1) is 37.3 Å². The number of aliphatic hydroxyl groups is 2. The van der Waals surface area contributed by atoms with Crippen molar-refractivity contribution in [1.29, 1.82) is 0 Å². The molecule has 6 aliphatic rings. The van der Waals surface area contributed by atoms with Crippen LogP contribution in [0.4, 0.5) is 0 Å². The molecule has 2 aliphatic heterocycles. The molecule has 4 aliphatic carbocycles. The molecule has 13 unspecified atom stereocenters. The number of allylic oxidation sites excluding steroid dienone is 1. The van der Waals surface area contributed by atoms with E-state index in [4.69, 9.17) is 15.5 Å². The van der Waals surface area contributed by atoms with Crippen LogP contribution < -0.4 is 11.1 Å². The van der Waals surface area contributed by atoms with Crippen LogP contribution in [0.15, 0.2) is 16.8 Å². The highest BCUT2D eigenvalue weighted by Crippen LogP contribution is 2.48. The van der Waals surface area contributed by atoms with Crippen molar-refractivity contribution in [2.45, 2.75) is 167 Å². The Morgan fingerprint density at radius 2 is 1.80 bits per heavy atom. The lowest BCUT2D eigenvalue weighted by Crippen LogP contribution is -2.44. The molecule has 0 spiro atoms. The third kappa shape index (κ3) is 11.1. The monoisotopic (exact) mass is 761 g/mol. The van der Waals surface area contributed by atoms with Gasteiger partial charge in [0.2, 0.25) is 0 Å². The quantitative estimate of drug-likeness (QED) is 0.0969. The Bertz CT molecular complexity index is 1390. The predicted octanol–water partition coefficient (Wildman–Crippen LogP) is 7.60. The van der Waals surface area contributed by atoms with Crippen LogP contribution in [0.25, 0.3) is 0 Å². The zero-order valence-corrected chi connectivity index (χ0v) is 34.6. The Balaban J connectivity index is 1.36. The normalized spacial score (nSPS) is 37.8. The second kappa shape index (κ2) is 20.1. The topological polar surface area (TPSA) is 134 Å². The molecule has 0 amide bonds. The molecule has 8 nitrogen and oxygen atoms in total. The summed E-state index contributed by atoms with van der Waals surface area (Å²) in [5.41, 5.74) is 7.38. The van der Waals surface area contributed by atoms with Gasteiger partial charge in [0.15, 0.2) is 5.70 Å². The summed E-state index contributed by atoms with van der Waals surface area (Å²) in [7, 11) is 1.68. The minimum absolute atomic E-state index is 0.0111. The number of Topliss-reactive ketones (excluding diaryl/α,β-unsaturated/α-hetero) is 2. The number of rotatable bonds is 11. The lowest BCUT2D eigenvalue weighted by atomic mass is 9.63. The zero-order chi connectivity index (χ0) is 39.1. The number of nitrogens with zero attached hydrogens (tertiary/aromatic N) is 1. The number of nitrogens with two attached hydrogens (primary N) is 1. The van der Waals surface area contributed by atoms with E-state index in [2.05, 4.69) is 44.0 Å². The summed E-state index contributed by atoms with van der Waals surface area (Å²) in [6.45, 7) is 7.48. The van der Waals surface area contributed by atoms with Gasteiger partial charge in [-0.1, -0.05) is 44.4 Å². The average molecular weight is 761 g/mol. The van der Waals surface area contributed by atoms with Crippen LogP contribution in [0.2, 0.25) is 0 Å². The molecular weight excluding hydrogens is 687 g/mol. The lowest BCUT2D eigenvalue weighted by molar-refractivity contribution is -0.131. The molecule has 13 atom stereocenters. The van der Waals surface area contributed by atoms with Crippen LogP contribution in [0.3, 0.4) is 0 Å². The van der Waals surface area contributed by atoms with Crippen molar-refractivity contribution in [1.82, 2.24) is 5.32 Å². The Hall–Kier alpha value is -2.02. The van der Waals surface area contributed by atoms with Crippen LogP contribution in [-0.4, -0.2) is 66.1 Å². The molecule has 55 heavy (non-hydrogen) atoms. The number of fused-ring (bicyclic) bond motifs is 2. The van der Waals surface area contributed by atoms with Gasteiger partial charge in [-0.05, 0) is 139 Å². The molecule has 1 saturated heterocycles. The number of aliphatic hydroxyl groups excluding tert-OH is 2. The van der Waals surface area contributed by atoms with E-state index in [1.54, 1.807) is 7.11 Å². The highest BCUT2D eigenvalue weighted by Gasteiger charge is 2.45. The van der Waals surface area contributed by atoms with Crippen LogP contribution in [0.1, 0.15) is 143 Å². The van der Waals surface area contributed by atoms with E-state index in [0.717, 1.165) is 82.9 Å². The number of ketones is 2. The number of hydrogen-bond acceptors (Lipinski definition) is 8. The number of aliphatic imine (C=N–C) groups is 1. The van der Waals surface area contributed by atoms with Gasteiger partial charge in [0.25, 0.3) is 0 Å². The summed E-state index contributed by atoms with van der Waals surface area (Å²) in [5, 5.41) is 26.8. The Labute approximate surface area is 333 Å². The molecule has 0 aromatic carbocycles. The molecule has 0 aromatic rings. The van der Waals surface area contributed by atoms with Gasteiger partial charge in [-0.25, -0.2) is 0 Å². The van der Waals surface area contributed by atoms with Gasteiger partial charge in [-0.15, -0.1) is 4.99 Å². The first-order valence-electron chi connectivity index (χ1n) is 22.6. The van der Waals surface area contributed by atoms with E-state index >= 15 is 0 Å². The van der Waals surface area contributed by atoms with Crippen LogP contribution in [-0.2, 0) is 14.3 Å². The van der Waals surface area contributed by atoms with Crippen LogP contribution in [0, 0.1) is 82.9 Å². The minimum Gasteiger partial charge on any atom is -0.391 e. The molecule has 0 aromatic heterocycles. The number of carbonyl (C=O) groups excluding carboxylic acids is 2. The molecule has 0 radical (unpaired) electrons. The van der Waals surface area contributed by atoms with Crippen molar-refractivity contribution < 1.29 is 24.5 Å². The maximum absolute atomic E-state index is 14.6. The molecule has 0 bridgehead atoms. The van der Waals surface area contributed by atoms with Gasteiger partial charge in [0.1, 0.15) is 29.8 Å². The van der Waals surface area contributed by atoms with Crippen molar-refractivity contribution in [3.8, 4) is 11.8 Å². The van der Waals surface area contributed by atoms with E-state index in [-0.39, 0.29) is 71.7 Å². The summed E-state index contributed by atoms with van der Waals surface area (Å²) in [6, 6.07) is 0. The average Bonchev–Trinajstić information content (AvgIpc) is 3.56. The third-order valence-corrected chi connectivity index (χ3v) is 15.0. The molecular formula is C47H74N3O5+. The fourth-order valence-corrected chi connectivity index (χ4v) is 12.0. The number of carbonyl (C=O) groups is 2. The van der Waals surface area contributed by atoms with Crippen LogP contribution in [0.5, 0.6) is 0 Å². The summed E-state index contributed by atoms with van der Waals surface area (Å²) < 4.78 is 5.76. The minimum atomic E-state index is -0.556. The van der Waals surface area contributed by atoms with Gasteiger partial charge in [-0.2, -0.15) is 0 Å². The first-order valence-corrected chi connectivity index (χ1v) is 22.6. The Morgan fingerprint density at radius 3 is 2.51 bits per heavy atom. The summed E-state index contributed by atoms with van der Waals surface area (Å²) in [6.07, 6.45) is 19.3. The van der Waals surface area contributed by atoms with E-state index in [0.29, 0.717) is 49.4 Å².